The second-order valence-electron chi connectivity index (χ2n) is 8.00. The summed E-state index contributed by atoms with van der Waals surface area (Å²) in [6.07, 6.45) is -3.30. The van der Waals surface area contributed by atoms with E-state index in [1.165, 1.54) is 6.07 Å². The fourth-order valence-corrected chi connectivity index (χ4v) is 4.57. The lowest BCUT2D eigenvalue weighted by Gasteiger charge is -2.14. The molecule has 168 valence electrons. The maximum Gasteiger partial charge on any atom is 0.416 e. The van der Waals surface area contributed by atoms with Crippen LogP contribution in [0.3, 0.4) is 0 Å². The van der Waals surface area contributed by atoms with E-state index in [4.69, 9.17) is 0 Å². The van der Waals surface area contributed by atoms with Crippen molar-refractivity contribution in [2.24, 2.45) is 0 Å². The van der Waals surface area contributed by atoms with Crippen LogP contribution in [0.5, 0.6) is 0 Å². The number of alkyl halides is 3. The summed E-state index contributed by atoms with van der Waals surface area (Å²) in [4.78, 5) is 11.8. The summed E-state index contributed by atoms with van der Waals surface area (Å²) < 4.78 is 71.3. The van der Waals surface area contributed by atoms with Crippen molar-refractivity contribution in [2.75, 3.05) is 7.11 Å². The first kappa shape index (κ1) is 23.3. The largest absolute Gasteiger partial charge is 0.465 e. The molecule has 2 aromatic carbocycles. The number of hydrogen-bond acceptors (Lipinski definition) is 4. The van der Waals surface area contributed by atoms with Gasteiger partial charge in [-0.15, -0.1) is 0 Å². The Morgan fingerprint density at radius 3 is 2.39 bits per heavy atom. The van der Waals surface area contributed by atoms with Crippen LogP contribution >= 0.6 is 0 Å². The lowest BCUT2D eigenvalue weighted by atomic mass is 9.97. The Morgan fingerprint density at radius 1 is 1.10 bits per heavy atom. The molecule has 0 radical (unpaired) electrons. The van der Waals surface area contributed by atoms with Gasteiger partial charge >= 0.3 is 12.1 Å². The molecule has 1 atom stereocenters. The standard InChI is InChI=1S/C22H24F3NO4S/c1-13(2)31(28,29)26-20-11-16-5-4-14(7-17(16)12-20)6-15-8-18(21(27)30-3)10-19(9-15)22(23,24)25/h4-5,7-10,13,20,26H,6,11-12H2,1-3H3. The summed E-state index contributed by atoms with van der Waals surface area (Å²) in [6, 6.07) is 8.55. The summed E-state index contributed by atoms with van der Waals surface area (Å²) in [6.45, 7) is 3.22. The van der Waals surface area contributed by atoms with Gasteiger partial charge in [-0.05, 0) is 73.6 Å². The molecular formula is C22H24F3NO4S. The number of halogens is 3. The van der Waals surface area contributed by atoms with Gasteiger partial charge in [-0.25, -0.2) is 17.9 Å². The monoisotopic (exact) mass is 455 g/mol. The minimum absolute atomic E-state index is 0.156. The van der Waals surface area contributed by atoms with E-state index >= 15 is 0 Å². The average Bonchev–Trinajstić information content (AvgIpc) is 3.07. The van der Waals surface area contributed by atoms with E-state index in [2.05, 4.69) is 9.46 Å². The molecule has 0 saturated carbocycles. The fraction of sp³-hybridized carbons (Fsp3) is 0.409. The van der Waals surface area contributed by atoms with Crippen molar-refractivity contribution < 1.29 is 31.1 Å². The molecule has 0 spiro atoms. The van der Waals surface area contributed by atoms with Gasteiger partial charge in [0.25, 0.3) is 0 Å². The van der Waals surface area contributed by atoms with Crippen LogP contribution in [-0.4, -0.2) is 32.8 Å². The lowest BCUT2D eigenvalue weighted by Crippen LogP contribution is -2.39. The highest BCUT2D eigenvalue weighted by Crippen LogP contribution is 2.32. The first-order valence-corrected chi connectivity index (χ1v) is 11.3. The maximum atomic E-state index is 13.3. The summed E-state index contributed by atoms with van der Waals surface area (Å²) in [5.41, 5.74) is 2.03. The molecule has 9 heteroatoms. The first-order valence-electron chi connectivity index (χ1n) is 9.80. The quantitative estimate of drug-likeness (QED) is 0.671. The third kappa shape index (κ3) is 5.46. The van der Waals surface area contributed by atoms with Crippen molar-refractivity contribution in [1.29, 1.82) is 0 Å². The Bertz CT molecular complexity index is 1090. The minimum Gasteiger partial charge on any atom is -0.465 e. The highest BCUT2D eigenvalue weighted by atomic mass is 32.2. The van der Waals surface area contributed by atoms with E-state index in [-0.39, 0.29) is 18.0 Å². The van der Waals surface area contributed by atoms with Crippen LogP contribution in [0.2, 0.25) is 0 Å². The van der Waals surface area contributed by atoms with Crippen molar-refractivity contribution >= 4 is 16.0 Å². The SMILES string of the molecule is COC(=O)c1cc(Cc2ccc3c(c2)CC(NS(=O)(=O)C(C)C)C3)cc(C(F)(F)F)c1. The average molecular weight is 455 g/mol. The normalized spacial score (nSPS) is 16.4. The van der Waals surface area contributed by atoms with Gasteiger partial charge in [0.05, 0.1) is 23.5 Å². The third-order valence-corrected chi connectivity index (χ3v) is 7.21. The molecule has 1 unspecified atom stereocenters. The number of hydrogen-bond donors (Lipinski definition) is 1. The second-order valence-corrected chi connectivity index (χ2v) is 10.3. The molecule has 0 saturated heterocycles. The molecule has 2 aromatic rings. The van der Waals surface area contributed by atoms with Gasteiger partial charge in [0, 0.05) is 6.04 Å². The lowest BCUT2D eigenvalue weighted by molar-refractivity contribution is -0.137. The molecule has 1 aliphatic rings. The zero-order valence-electron chi connectivity index (χ0n) is 17.4. The molecule has 0 heterocycles. The summed E-state index contributed by atoms with van der Waals surface area (Å²) in [5, 5.41) is -0.531. The number of benzene rings is 2. The zero-order chi connectivity index (χ0) is 23.0. The van der Waals surface area contributed by atoms with Crippen LogP contribution in [-0.2, 0) is 40.2 Å². The molecule has 0 aromatic heterocycles. The van der Waals surface area contributed by atoms with Crippen molar-refractivity contribution in [3.05, 3.63) is 69.8 Å². The third-order valence-electron chi connectivity index (χ3n) is 5.30. The van der Waals surface area contributed by atoms with Crippen molar-refractivity contribution in [3.8, 4) is 0 Å². The van der Waals surface area contributed by atoms with Crippen LogP contribution < -0.4 is 4.72 Å². The number of fused-ring (bicyclic) bond motifs is 1. The molecule has 0 bridgehead atoms. The van der Waals surface area contributed by atoms with Gasteiger partial charge in [0.2, 0.25) is 10.0 Å². The molecule has 0 aliphatic heterocycles. The van der Waals surface area contributed by atoms with Gasteiger partial charge in [0.1, 0.15) is 0 Å². The minimum atomic E-state index is -4.59. The number of esters is 1. The Morgan fingerprint density at radius 2 is 1.77 bits per heavy atom. The number of methoxy groups -OCH3 is 1. The van der Waals surface area contributed by atoms with Crippen LogP contribution in [0.25, 0.3) is 0 Å². The smallest absolute Gasteiger partial charge is 0.416 e. The first-order chi connectivity index (χ1) is 14.4. The number of sulfonamides is 1. The Hall–Kier alpha value is -2.39. The van der Waals surface area contributed by atoms with Gasteiger partial charge in [-0.3, -0.25) is 0 Å². The summed E-state index contributed by atoms with van der Waals surface area (Å²) in [5.74, 6) is -0.832. The molecule has 3 rings (SSSR count). The number of carbonyl (C=O) groups is 1. The molecule has 5 nitrogen and oxygen atoms in total. The number of nitrogens with one attached hydrogen (secondary N) is 1. The van der Waals surface area contributed by atoms with Gasteiger partial charge in [-0.2, -0.15) is 13.2 Å². The zero-order valence-corrected chi connectivity index (χ0v) is 18.2. The summed E-state index contributed by atoms with van der Waals surface area (Å²) in [7, 11) is -2.27. The topological polar surface area (TPSA) is 72.5 Å². The Balaban J connectivity index is 1.83. The number of rotatable bonds is 6. The van der Waals surface area contributed by atoms with E-state index < -0.39 is 33.0 Å². The summed E-state index contributed by atoms with van der Waals surface area (Å²) >= 11 is 0. The van der Waals surface area contributed by atoms with Gasteiger partial charge < -0.3 is 4.74 Å². The Labute approximate surface area is 179 Å². The van der Waals surface area contributed by atoms with E-state index in [0.717, 1.165) is 35.9 Å². The molecule has 0 fully saturated rings. The van der Waals surface area contributed by atoms with Crippen molar-refractivity contribution in [2.45, 2.75) is 50.6 Å². The highest BCUT2D eigenvalue weighted by Gasteiger charge is 2.32. The van der Waals surface area contributed by atoms with Crippen LogP contribution in [0.4, 0.5) is 13.2 Å². The van der Waals surface area contributed by atoms with E-state index in [9.17, 15) is 26.4 Å². The molecule has 31 heavy (non-hydrogen) atoms. The fourth-order valence-electron chi connectivity index (χ4n) is 3.66. The molecule has 0 amide bonds. The van der Waals surface area contributed by atoms with E-state index in [0.29, 0.717) is 18.4 Å². The van der Waals surface area contributed by atoms with Crippen LogP contribution in [0.1, 0.15) is 52.0 Å². The van der Waals surface area contributed by atoms with Crippen molar-refractivity contribution in [1.82, 2.24) is 4.72 Å². The van der Waals surface area contributed by atoms with E-state index in [1.807, 2.05) is 18.2 Å². The number of ether oxygens (including phenoxy) is 1. The molecular weight excluding hydrogens is 431 g/mol. The second kappa shape index (κ2) is 8.63. The Kier molecular flexibility index (Phi) is 6.48. The highest BCUT2D eigenvalue weighted by molar-refractivity contribution is 7.90. The van der Waals surface area contributed by atoms with Gasteiger partial charge in [-0.1, -0.05) is 18.2 Å². The molecule has 1 aliphatic carbocycles. The maximum absolute atomic E-state index is 13.3. The van der Waals surface area contributed by atoms with Crippen LogP contribution in [0, 0.1) is 0 Å². The number of carbonyl (C=O) groups excluding carboxylic acids is 1. The predicted molar refractivity (Wildman–Crippen MR) is 110 cm³/mol. The van der Waals surface area contributed by atoms with E-state index in [1.54, 1.807) is 13.8 Å². The molecule has 1 N–H and O–H groups in total. The van der Waals surface area contributed by atoms with Crippen molar-refractivity contribution in [3.63, 3.8) is 0 Å². The predicted octanol–water partition coefficient (Wildman–Crippen LogP) is 3.88. The van der Waals surface area contributed by atoms with Gasteiger partial charge in [0.15, 0.2) is 0 Å². The van der Waals surface area contributed by atoms with Crippen LogP contribution in [0.15, 0.2) is 36.4 Å².